The van der Waals surface area contributed by atoms with Gasteiger partial charge in [-0.3, -0.25) is 4.79 Å². The maximum absolute atomic E-state index is 12.0. The lowest BCUT2D eigenvalue weighted by molar-refractivity contribution is -0.122. The van der Waals surface area contributed by atoms with E-state index in [1.807, 2.05) is 12.1 Å². The molecule has 1 aromatic rings. The molecule has 0 aliphatic carbocycles. The molecule has 1 aliphatic rings. The summed E-state index contributed by atoms with van der Waals surface area (Å²) in [5, 5.41) is 3.01. The number of ether oxygens (including phenoxy) is 1. The number of nitrogens with zero attached hydrogens (tertiary/aromatic N) is 1. The van der Waals surface area contributed by atoms with Gasteiger partial charge in [-0.1, -0.05) is 19.9 Å². The van der Waals surface area contributed by atoms with Crippen molar-refractivity contribution >= 4 is 36.4 Å². The highest BCUT2D eigenvalue weighted by Crippen LogP contribution is 2.26. The van der Waals surface area contributed by atoms with Crippen molar-refractivity contribution in [2.75, 3.05) is 31.6 Å². The molecule has 0 aromatic heterocycles. The van der Waals surface area contributed by atoms with Crippen LogP contribution in [0.25, 0.3) is 0 Å². The summed E-state index contributed by atoms with van der Waals surface area (Å²) in [6.45, 7) is 6.82. The van der Waals surface area contributed by atoms with Crippen LogP contribution >= 0.6 is 24.8 Å². The van der Waals surface area contributed by atoms with Gasteiger partial charge in [0.15, 0.2) is 0 Å². The fourth-order valence-corrected chi connectivity index (χ4v) is 3.03. The Morgan fingerprint density at radius 1 is 1.40 bits per heavy atom. The average molecular weight is 392 g/mol. The van der Waals surface area contributed by atoms with Crippen LogP contribution in [-0.4, -0.2) is 38.7 Å². The first-order valence-electron chi connectivity index (χ1n) is 8.42. The molecule has 1 heterocycles. The third-order valence-electron chi connectivity index (χ3n) is 4.33. The van der Waals surface area contributed by atoms with E-state index in [2.05, 4.69) is 36.2 Å². The van der Waals surface area contributed by atoms with Gasteiger partial charge >= 0.3 is 0 Å². The summed E-state index contributed by atoms with van der Waals surface area (Å²) >= 11 is 0. The lowest BCUT2D eigenvalue weighted by atomic mass is 10.0. The van der Waals surface area contributed by atoms with Crippen molar-refractivity contribution in [1.29, 1.82) is 0 Å². The van der Waals surface area contributed by atoms with Crippen LogP contribution < -0.4 is 20.7 Å². The predicted octanol–water partition coefficient (Wildman–Crippen LogP) is 2.85. The molecular weight excluding hydrogens is 361 g/mol. The monoisotopic (exact) mass is 391 g/mol. The van der Waals surface area contributed by atoms with Crippen molar-refractivity contribution in [1.82, 2.24) is 5.32 Å². The molecule has 144 valence electrons. The number of nitrogens with two attached hydrogens (primary N) is 1. The van der Waals surface area contributed by atoms with Gasteiger partial charge in [-0.2, -0.15) is 0 Å². The summed E-state index contributed by atoms with van der Waals surface area (Å²) in [6, 6.07) is 7.72. The summed E-state index contributed by atoms with van der Waals surface area (Å²) in [7, 11) is 1.68. The van der Waals surface area contributed by atoms with Gasteiger partial charge in [-0.05, 0) is 36.8 Å². The van der Waals surface area contributed by atoms with Gasteiger partial charge in [0.1, 0.15) is 5.75 Å². The Morgan fingerprint density at radius 2 is 2.12 bits per heavy atom. The van der Waals surface area contributed by atoms with Crippen molar-refractivity contribution in [2.45, 2.75) is 32.7 Å². The summed E-state index contributed by atoms with van der Waals surface area (Å²) in [4.78, 5) is 14.3. The fourth-order valence-electron chi connectivity index (χ4n) is 3.03. The van der Waals surface area contributed by atoms with Crippen LogP contribution in [0.4, 0.5) is 5.69 Å². The molecule has 1 fully saturated rings. The summed E-state index contributed by atoms with van der Waals surface area (Å²) in [6.07, 6.45) is 1.81. The molecule has 1 amide bonds. The van der Waals surface area contributed by atoms with Crippen LogP contribution in [0.5, 0.6) is 5.75 Å². The lowest BCUT2D eigenvalue weighted by Crippen LogP contribution is -2.43. The van der Waals surface area contributed by atoms with E-state index in [4.69, 9.17) is 10.5 Å². The molecule has 1 unspecified atom stereocenters. The van der Waals surface area contributed by atoms with Gasteiger partial charge < -0.3 is 20.7 Å². The molecule has 0 radical (unpaired) electrons. The van der Waals surface area contributed by atoms with Gasteiger partial charge in [0.05, 0.1) is 13.2 Å². The van der Waals surface area contributed by atoms with Gasteiger partial charge in [-0.25, -0.2) is 0 Å². The quantitative estimate of drug-likeness (QED) is 0.749. The van der Waals surface area contributed by atoms with Crippen LogP contribution in [0.3, 0.4) is 0 Å². The van der Waals surface area contributed by atoms with Crippen molar-refractivity contribution in [2.24, 2.45) is 17.6 Å². The Bertz CT molecular complexity index is 529. The van der Waals surface area contributed by atoms with Crippen LogP contribution in [0.1, 0.15) is 26.7 Å². The van der Waals surface area contributed by atoms with E-state index < -0.39 is 6.04 Å². The van der Waals surface area contributed by atoms with E-state index in [0.717, 1.165) is 31.7 Å². The number of halogens is 2. The SMILES string of the molecule is COc1cccc(N2CCC(CNC(=O)[C@@H](N)CC(C)C)C2)c1.Cl.Cl. The van der Waals surface area contributed by atoms with Crippen molar-refractivity contribution < 1.29 is 9.53 Å². The first kappa shape index (κ1) is 23.8. The maximum Gasteiger partial charge on any atom is 0.236 e. The lowest BCUT2D eigenvalue weighted by Gasteiger charge is -2.20. The number of anilines is 1. The fraction of sp³-hybridized carbons (Fsp3) is 0.611. The third-order valence-corrected chi connectivity index (χ3v) is 4.33. The molecule has 5 nitrogen and oxygen atoms in total. The van der Waals surface area contributed by atoms with E-state index in [9.17, 15) is 4.79 Å². The predicted molar refractivity (Wildman–Crippen MR) is 108 cm³/mol. The van der Waals surface area contributed by atoms with Crippen LogP contribution in [0.2, 0.25) is 0 Å². The molecule has 0 spiro atoms. The van der Waals surface area contributed by atoms with E-state index in [0.29, 0.717) is 18.4 Å². The number of carbonyl (C=O) groups excluding carboxylic acids is 1. The van der Waals surface area contributed by atoms with Crippen LogP contribution in [0, 0.1) is 11.8 Å². The van der Waals surface area contributed by atoms with Gasteiger partial charge in [-0.15, -0.1) is 24.8 Å². The molecule has 0 bridgehead atoms. The largest absolute Gasteiger partial charge is 0.497 e. The molecule has 1 aromatic carbocycles. The van der Waals surface area contributed by atoms with E-state index >= 15 is 0 Å². The smallest absolute Gasteiger partial charge is 0.236 e. The number of benzene rings is 1. The molecular formula is C18H31Cl2N3O2. The molecule has 3 N–H and O–H groups in total. The maximum atomic E-state index is 12.0. The normalized spacial score (nSPS) is 17.5. The highest BCUT2D eigenvalue weighted by molar-refractivity contribution is 5.85. The molecule has 2 atom stereocenters. The van der Waals surface area contributed by atoms with E-state index in [-0.39, 0.29) is 30.7 Å². The van der Waals surface area contributed by atoms with Gasteiger partial charge in [0, 0.05) is 31.4 Å². The number of nitrogens with one attached hydrogen (secondary N) is 1. The number of methoxy groups -OCH3 is 1. The van der Waals surface area contributed by atoms with E-state index in [1.165, 1.54) is 5.69 Å². The number of carbonyl (C=O) groups is 1. The Morgan fingerprint density at radius 3 is 2.76 bits per heavy atom. The molecule has 1 aliphatic heterocycles. The average Bonchev–Trinajstić information content (AvgIpc) is 3.01. The zero-order chi connectivity index (χ0) is 16.8. The highest BCUT2D eigenvalue weighted by Gasteiger charge is 2.24. The molecule has 2 rings (SSSR count). The molecule has 25 heavy (non-hydrogen) atoms. The number of amides is 1. The number of rotatable bonds is 7. The van der Waals surface area contributed by atoms with Crippen LogP contribution in [0.15, 0.2) is 24.3 Å². The first-order chi connectivity index (χ1) is 11.0. The molecule has 0 saturated carbocycles. The second-order valence-electron chi connectivity index (χ2n) is 6.78. The van der Waals surface area contributed by atoms with Crippen molar-refractivity contribution in [3.63, 3.8) is 0 Å². The topological polar surface area (TPSA) is 67.6 Å². The Hall–Kier alpha value is -1.17. The first-order valence-corrected chi connectivity index (χ1v) is 8.42. The van der Waals surface area contributed by atoms with Gasteiger partial charge in [0.25, 0.3) is 0 Å². The minimum absolute atomic E-state index is 0. The summed E-state index contributed by atoms with van der Waals surface area (Å²) < 4.78 is 5.28. The number of hydrogen-bond acceptors (Lipinski definition) is 4. The van der Waals surface area contributed by atoms with E-state index in [1.54, 1.807) is 7.11 Å². The van der Waals surface area contributed by atoms with Crippen LogP contribution in [-0.2, 0) is 4.79 Å². The van der Waals surface area contributed by atoms with Gasteiger partial charge in [0.2, 0.25) is 5.91 Å². The molecule has 7 heteroatoms. The van der Waals surface area contributed by atoms with Crippen molar-refractivity contribution in [3.05, 3.63) is 24.3 Å². The Labute approximate surface area is 163 Å². The number of hydrogen-bond donors (Lipinski definition) is 2. The van der Waals surface area contributed by atoms with Crippen molar-refractivity contribution in [3.8, 4) is 5.75 Å². The Kier molecular flexibility index (Phi) is 10.9. The minimum atomic E-state index is -0.397. The third kappa shape index (κ3) is 7.30. The second-order valence-corrected chi connectivity index (χ2v) is 6.78. The minimum Gasteiger partial charge on any atom is -0.497 e. The highest BCUT2D eigenvalue weighted by atomic mass is 35.5. The zero-order valence-electron chi connectivity index (χ0n) is 15.2. The second kappa shape index (κ2) is 11.4. The zero-order valence-corrected chi connectivity index (χ0v) is 16.9. The molecule has 1 saturated heterocycles. The standard InChI is InChI=1S/C18H29N3O2.2ClH/c1-13(2)9-17(19)18(22)20-11-14-7-8-21(12-14)15-5-4-6-16(10-15)23-3;;/h4-6,10,13-14,17H,7-9,11-12,19H2,1-3H3,(H,20,22);2*1H/t14?,17-;;/m0../s1. The Balaban J connectivity index is 0.00000288. The summed E-state index contributed by atoms with van der Waals surface area (Å²) in [5.41, 5.74) is 7.09. The summed E-state index contributed by atoms with van der Waals surface area (Å²) in [5.74, 6) is 1.75.